The molecule has 2 heterocycles. The van der Waals surface area contributed by atoms with Crippen molar-refractivity contribution in [2.75, 3.05) is 24.1 Å². The van der Waals surface area contributed by atoms with Crippen molar-refractivity contribution in [2.45, 2.75) is 25.9 Å². The van der Waals surface area contributed by atoms with Gasteiger partial charge in [0.2, 0.25) is 0 Å². The average molecular weight is 362 g/mol. The molecule has 0 spiro atoms. The summed E-state index contributed by atoms with van der Waals surface area (Å²) in [4.78, 5) is 4.19. The number of rotatable bonds is 2. The van der Waals surface area contributed by atoms with Gasteiger partial charge in [0.05, 0.1) is 5.69 Å². The summed E-state index contributed by atoms with van der Waals surface area (Å²) in [7, 11) is 0. The first-order valence-corrected chi connectivity index (χ1v) is 9.32. The van der Waals surface area contributed by atoms with E-state index in [-0.39, 0.29) is 0 Å². The number of alkyl halides is 1. The molecule has 1 aromatic carbocycles. The summed E-state index contributed by atoms with van der Waals surface area (Å²) in [5.74, 6) is 4.09. The zero-order chi connectivity index (χ0) is 18.8. The third kappa shape index (κ3) is 3.67. The van der Waals surface area contributed by atoms with E-state index in [4.69, 9.17) is 5.73 Å². The molecule has 27 heavy (non-hydrogen) atoms. The Morgan fingerprint density at radius 1 is 1.33 bits per heavy atom. The van der Waals surface area contributed by atoms with E-state index < -0.39 is 6.17 Å². The number of hydrogen-bond donors (Lipinski definition) is 3. The first kappa shape index (κ1) is 17.6. The van der Waals surface area contributed by atoms with Crippen LogP contribution in [0.2, 0.25) is 0 Å². The smallest absolute Gasteiger partial charge is 0.144 e. The van der Waals surface area contributed by atoms with Gasteiger partial charge in [-0.05, 0) is 61.7 Å². The van der Waals surface area contributed by atoms with Crippen LogP contribution in [0.5, 0.6) is 0 Å². The predicted octanol–water partition coefficient (Wildman–Crippen LogP) is 3.87. The quantitative estimate of drug-likeness (QED) is 0.561. The Labute approximate surface area is 158 Å². The molecule has 4 rings (SSSR count). The van der Waals surface area contributed by atoms with E-state index in [9.17, 15) is 4.39 Å². The zero-order valence-electron chi connectivity index (χ0n) is 15.3. The van der Waals surface area contributed by atoms with Crippen LogP contribution in [0.4, 0.5) is 15.9 Å². The molecule has 0 saturated carbocycles. The van der Waals surface area contributed by atoms with Crippen LogP contribution in [0.15, 0.2) is 42.1 Å². The van der Waals surface area contributed by atoms with Crippen LogP contribution in [-0.4, -0.2) is 24.2 Å². The second-order valence-corrected chi connectivity index (χ2v) is 7.15. The normalized spacial score (nSPS) is 22.0. The van der Waals surface area contributed by atoms with Crippen LogP contribution in [0.25, 0.3) is 16.3 Å². The fraction of sp³-hybridized carbons (Fsp3) is 0.318. The molecular formula is C22H23FN4. The number of hydrogen-bond acceptors (Lipinski definition) is 4. The summed E-state index contributed by atoms with van der Waals surface area (Å²) in [5.41, 5.74) is 9.18. The number of allylic oxidation sites excluding steroid dienone is 4. The van der Waals surface area contributed by atoms with Crippen molar-refractivity contribution in [3.63, 3.8) is 0 Å². The molecule has 2 aliphatic rings. The molecule has 2 atom stereocenters. The van der Waals surface area contributed by atoms with Crippen molar-refractivity contribution in [3.8, 4) is 12.0 Å². The van der Waals surface area contributed by atoms with Gasteiger partial charge < -0.3 is 16.4 Å². The zero-order valence-corrected chi connectivity index (χ0v) is 15.3. The number of fused-ring (bicyclic) bond motifs is 1. The lowest BCUT2D eigenvalue weighted by Gasteiger charge is -2.17. The van der Waals surface area contributed by atoms with Crippen molar-refractivity contribution in [3.05, 3.63) is 47.7 Å². The summed E-state index contributed by atoms with van der Waals surface area (Å²) in [6.07, 6.45) is 6.31. The predicted molar refractivity (Wildman–Crippen MR) is 110 cm³/mol. The molecular weight excluding hydrogens is 339 g/mol. The van der Waals surface area contributed by atoms with Gasteiger partial charge in [0.1, 0.15) is 12.0 Å². The number of anilines is 2. The molecule has 1 saturated heterocycles. The number of aromatic nitrogens is 1. The third-order valence-electron chi connectivity index (χ3n) is 5.15. The second kappa shape index (κ2) is 7.42. The van der Waals surface area contributed by atoms with E-state index in [0.717, 1.165) is 53.5 Å². The Kier molecular flexibility index (Phi) is 4.83. The lowest BCUT2D eigenvalue weighted by atomic mass is 9.97. The van der Waals surface area contributed by atoms with Crippen molar-refractivity contribution >= 4 is 27.9 Å². The van der Waals surface area contributed by atoms with Crippen LogP contribution in [0.1, 0.15) is 25.3 Å². The Balaban J connectivity index is 1.72. The van der Waals surface area contributed by atoms with Gasteiger partial charge >= 0.3 is 0 Å². The molecule has 1 aliphatic heterocycles. The molecule has 4 nitrogen and oxygen atoms in total. The van der Waals surface area contributed by atoms with Crippen LogP contribution < -0.4 is 16.4 Å². The number of nitrogens with two attached hydrogens (primary N) is 1. The van der Waals surface area contributed by atoms with Crippen LogP contribution in [-0.2, 0) is 0 Å². The second-order valence-electron chi connectivity index (χ2n) is 7.15. The average Bonchev–Trinajstić information content (AvgIpc) is 3.01. The molecule has 5 heteroatoms. The van der Waals surface area contributed by atoms with E-state index in [1.807, 2.05) is 31.2 Å². The largest absolute Gasteiger partial charge is 0.384 e. The van der Waals surface area contributed by atoms with Crippen molar-refractivity contribution in [1.29, 1.82) is 0 Å². The van der Waals surface area contributed by atoms with Gasteiger partial charge in [0.15, 0.2) is 0 Å². The van der Waals surface area contributed by atoms with Gasteiger partial charge in [-0.2, -0.15) is 0 Å². The van der Waals surface area contributed by atoms with Gasteiger partial charge in [0, 0.05) is 41.0 Å². The minimum absolute atomic E-state index is 0.353. The molecule has 2 aromatic rings. The highest BCUT2D eigenvalue weighted by Crippen LogP contribution is 2.36. The summed E-state index contributed by atoms with van der Waals surface area (Å²) in [5, 5.41) is 8.42. The number of pyridine rings is 1. The molecule has 138 valence electrons. The Morgan fingerprint density at radius 2 is 2.22 bits per heavy atom. The number of nitrogens with zero attached hydrogens (tertiary/aromatic N) is 1. The van der Waals surface area contributed by atoms with E-state index in [1.165, 1.54) is 0 Å². The molecule has 0 amide bonds. The molecule has 0 bridgehead atoms. The SMILES string of the molecule is CC1=C(c2cc(NC#CC3CCCNC3)c3cc(N)ncc3c2)C(F)C=C1. The number of piperidine rings is 1. The van der Waals surface area contributed by atoms with E-state index in [2.05, 4.69) is 27.6 Å². The maximum atomic E-state index is 14.4. The van der Waals surface area contributed by atoms with Crippen LogP contribution in [0.3, 0.4) is 0 Å². The first-order valence-electron chi connectivity index (χ1n) is 9.32. The highest BCUT2D eigenvalue weighted by atomic mass is 19.1. The summed E-state index contributed by atoms with van der Waals surface area (Å²) < 4.78 is 14.4. The third-order valence-corrected chi connectivity index (χ3v) is 5.15. The topological polar surface area (TPSA) is 63.0 Å². The lowest BCUT2D eigenvalue weighted by molar-refractivity contribution is 0.449. The monoisotopic (exact) mass is 362 g/mol. The van der Waals surface area contributed by atoms with E-state index >= 15 is 0 Å². The number of halogens is 1. The Morgan fingerprint density at radius 3 is 2.96 bits per heavy atom. The van der Waals surface area contributed by atoms with Gasteiger partial charge in [-0.15, -0.1) is 0 Å². The molecule has 4 N–H and O–H groups in total. The molecule has 1 aliphatic carbocycles. The van der Waals surface area contributed by atoms with Gasteiger partial charge in [-0.25, -0.2) is 9.37 Å². The minimum Gasteiger partial charge on any atom is -0.384 e. The molecule has 1 aromatic heterocycles. The summed E-state index contributed by atoms with van der Waals surface area (Å²) in [6.45, 7) is 3.92. The summed E-state index contributed by atoms with van der Waals surface area (Å²) in [6, 6.07) is 8.84. The maximum Gasteiger partial charge on any atom is 0.144 e. The highest BCUT2D eigenvalue weighted by Gasteiger charge is 2.20. The maximum absolute atomic E-state index is 14.4. The molecule has 0 radical (unpaired) electrons. The van der Waals surface area contributed by atoms with Crippen LogP contribution >= 0.6 is 0 Å². The van der Waals surface area contributed by atoms with Crippen molar-refractivity contribution in [1.82, 2.24) is 10.3 Å². The first-order chi connectivity index (χ1) is 13.1. The summed E-state index contributed by atoms with van der Waals surface area (Å²) >= 11 is 0. The minimum atomic E-state index is -1.09. The standard InChI is InChI=1S/C22H23FN4/c1-14-4-5-19(23)22(14)16-9-17-13-27-21(24)11-18(17)20(10-16)26-8-6-15-3-2-7-25-12-15/h4-5,9-11,13,15,19,25-26H,2-3,7,12H2,1H3,(H2,24,27). The molecule has 1 fully saturated rings. The van der Waals surface area contributed by atoms with Gasteiger partial charge in [-0.3, -0.25) is 0 Å². The lowest BCUT2D eigenvalue weighted by Crippen LogP contribution is -2.28. The fourth-order valence-corrected chi connectivity index (χ4v) is 3.73. The molecule has 2 unspecified atom stereocenters. The van der Waals surface area contributed by atoms with Crippen molar-refractivity contribution < 1.29 is 4.39 Å². The highest BCUT2D eigenvalue weighted by molar-refractivity contribution is 5.99. The van der Waals surface area contributed by atoms with E-state index in [1.54, 1.807) is 12.3 Å². The number of benzene rings is 1. The van der Waals surface area contributed by atoms with Gasteiger partial charge in [0.25, 0.3) is 0 Å². The Hall–Kier alpha value is -2.84. The van der Waals surface area contributed by atoms with E-state index in [0.29, 0.717) is 17.3 Å². The van der Waals surface area contributed by atoms with Gasteiger partial charge in [-0.1, -0.05) is 12.0 Å². The number of nitrogen functional groups attached to an aromatic ring is 1. The fourth-order valence-electron chi connectivity index (χ4n) is 3.73. The van der Waals surface area contributed by atoms with Crippen molar-refractivity contribution in [2.24, 2.45) is 5.92 Å². The Bertz CT molecular complexity index is 991. The number of nitrogens with one attached hydrogen (secondary N) is 2. The van der Waals surface area contributed by atoms with Crippen LogP contribution in [0, 0.1) is 17.9 Å².